The second-order valence-electron chi connectivity index (χ2n) is 7.56. The Morgan fingerprint density at radius 2 is 1.71 bits per heavy atom. The van der Waals surface area contributed by atoms with Crippen molar-refractivity contribution in [2.75, 3.05) is 36.4 Å². The number of piperazine rings is 1. The third kappa shape index (κ3) is 4.01. The minimum absolute atomic E-state index is 0. The number of carbonyl (C=O) groups excluding carboxylic acids is 1. The van der Waals surface area contributed by atoms with Gasteiger partial charge < -0.3 is 19.5 Å². The number of aromatic nitrogens is 2. The van der Waals surface area contributed by atoms with E-state index in [0.29, 0.717) is 17.2 Å². The topological polar surface area (TPSA) is 74.5 Å². The molecule has 2 aromatic carbocycles. The van der Waals surface area contributed by atoms with Crippen LogP contribution in [0, 0.1) is 6.92 Å². The van der Waals surface area contributed by atoms with E-state index < -0.39 is 0 Å². The first-order chi connectivity index (χ1) is 14.6. The van der Waals surface area contributed by atoms with E-state index in [0.717, 1.165) is 54.0 Å². The summed E-state index contributed by atoms with van der Waals surface area (Å²) >= 11 is 0. The van der Waals surface area contributed by atoms with Crippen molar-refractivity contribution < 1.29 is 9.21 Å². The van der Waals surface area contributed by atoms with Crippen LogP contribution in [0.25, 0.3) is 22.1 Å². The van der Waals surface area contributed by atoms with E-state index in [1.165, 1.54) is 0 Å². The number of anilines is 3. The monoisotopic (exact) mass is 437 g/mol. The van der Waals surface area contributed by atoms with Crippen LogP contribution in [-0.2, 0) is 4.79 Å². The lowest BCUT2D eigenvalue weighted by Gasteiger charge is -2.35. The quantitative estimate of drug-likeness (QED) is 0.508. The molecular formula is C23H24ClN5O2. The summed E-state index contributed by atoms with van der Waals surface area (Å²) in [6.07, 6.45) is 0. The molecule has 0 unspecified atom stereocenters. The molecule has 0 spiro atoms. The van der Waals surface area contributed by atoms with Crippen molar-refractivity contribution in [3.05, 3.63) is 54.4 Å². The molecule has 0 radical (unpaired) electrons. The minimum Gasteiger partial charge on any atom is -0.450 e. The average molecular weight is 438 g/mol. The Labute approximate surface area is 186 Å². The van der Waals surface area contributed by atoms with Crippen molar-refractivity contribution in [1.82, 2.24) is 14.9 Å². The number of aryl methyl sites for hydroxylation is 1. The Hall–Kier alpha value is -3.32. The zero-order valence-corrected chi connectivity index (χ0v) is 18.3. The van der Waals surface area contributed by atoms with Gasteiger partial charge in [0.2, 0.25) is 5.91 Å². The van der Waals surface area contributed by atoms with Crippen molar-refractivity contribution in [2.45, 2.75) is 13.8 Å². The van der Waals surface area contributed by atoms with Gasteiger partial charge in [-0.3, -0.25) is 4.79 Å². The molecule has 0 aliphatic carbocycles. The number of halogens is 1. The summed E-state index contributed by atoms with van der Waals surface area (Å²) in [5.74, 6) is 1.50. The molecule has 1 aliphatic rings. The van der Waals surface area contributed by atoms with Gasteiger partial charge in [0, 0.05) is 49.9 Å². The van der Waals surface area contributed by atoms with Crippen LogP contribution in [0.5, 0.6) is 0 Å². The summed E-state index contributed by atoms with van der Waals surface area (Å²) in [5, 5.41) is 4.37. The van der Waals surface area contributed by atoms with E-state index in [1.807, 2.05) is 48.2 Å². The Morgan fingerprint density at radius 3 is 2.42 bits per heavy atom. The second kappa shape index (κ2) is 8.43. The molecule has 8 heteroatoms. The molecule has 7 nitrogen and oxygen atoms in total. The molecule has 1 amide bonds. The predicted octanol–water partition coefficient (Wildman–Crippen LogP) is 4.52. The number of furan rings is 1. The van der Waals surface area contributed by atoms with Crippen molar-refractivity contribution >= 4 is 57.6 Å². The van der Waals surface area contributed by atoms with Gasteiger partial charge in [0.25, 0.3) is 0 Å². The van der Waals surface area contributed by atoms with E-state index in [-0.39, 0.29) is 18.3 Å². The molecule has 2 aromatic heterocycles. The molecular weight excluding hydrogens is 414 g/mol. The first-order valence-electron chi connectivity index (χ1n) is 10.1. The van der Waals surface area contributed by atoms with Gasteiger partial charge in [-0.15, -0.1) is 12.4 Å². The number of fused-ring (bicyclic) bond motifs is 3. The molecule has 5 rings (SSSR count). The van der Waals surface area contributed by atoms with E-state index in [9.17, 15) is 4.79 Å². The van der Waals surface area contributed by atoms with E-state index in [1.54, 1.807) is 6.92 Å². The first-order valence-corrected chi connectivity index (χ1v) is 10.1. The van der Waals surface area contributed by atoms with Crippen molar-refractivity contribution in [3.8, 4) is 0 Å². The van der Waals surface area contributed by atoms with Crippen LogP contribution in [0.3, 0.4) is 0 Å². The van der Waals surface area contributed by atoms with E-state index in [4.69, 9.17) is 4.42 Å². The number of hydrogen-bond acceptors (Lipinski definition) is 6. The lowest BCUT2D eigenvalue weighted by Crippen LogP contribution is -2.48. The molecule has 160 valence electrons. The van der Waals surface area contributed by atoms with Crippen LogP contribution in [0.1, 0.15) is 12.7 Å². The van der Waals surface area contributed by atoms with Crippen molar-refractivity contribution in [1.29, 1.82) is 0 Å². The van der Waals surface area contributed by atoms with Gasteiger partial charge in [0.15, 0.2) is 11.4 Å². The molecule has 3 heterocycles. The molecule has 1 N–H and O–H groups in total. The maximum atomic E-state index is 11.5. The van der Waals surface area contributed by atoms with Crippen LogP contribution in [-0.4, -0.2) is 47.0 Å². The molecule has 0 bridgehead atoms. The summed E-state index contributed by atoms with van der Waals surface area (Å²) in [7, 11) is 0. The number of hydrogen-bond donors (Lipinski definition) is 1. The summed E-state index contributed by atoms with van der Waals surface area (Å²) in [6.45, 7) is 6.73. The molecule has 0 saturated carbocycles. The third-order valence-corrected chi connectivity index (χ3v) is 5.55. The molecule has 31 heavy (non-hydrogen) atoms. The predicted molar refractivity (Wildman–Crippen MR) is 125 cm³/mol. The fourth-order valence-corrected chi connectivity index (χ4v) is 3.96. The molecule has 1 aliphatic heterocycles. The highest BCUT2D eigenvalue weighted by Gasteiger charge is 2.19. The summed E-state index contributed by atoms with van der Waals surface area (Å²) in [6, 6.07) is 16.2. The van der Waals surface area contributed by atoms with Gasteiger partial charge in [-0.25, -0.2) is 9.97 Å². The molecule has 4 aromatic rings. The normalized spacial score (nSPS) is 14.0. The fraction of sp³-hybridized carbons (Fsp3) is 0.261. The minimum atomic E-state index is 0. The smallest absolute Gasteiger partial charge is 0.219 e. The maximum absolute atomic E-state index is 11.5. The molecule has 1 saturated heterocycles. The number of amides is 1. The Kier molecular flexibility index (Phi) is 5.69. The second-order valence-corrected chi connectivity index (χ2v) is 7.56. The lowest BCUT2D eigenvalue weighted by molar-refractivity contribution is -0.129. The van der Waals surface area contributed by atoms with Crippen molar-refractivity contribution in [3.63, 3.8) is 0 Å². The first kappa shape index (κ1) is 20.9. The average Bonchev–Trinajstić information content (AvgIpc) is 3.13. The molecule has 0 atom stereocenters. The van der Waals surface area contributed by atoms with E-state index in [2.05, 4.69) is 32.3 Å². The third-order valence-electron chi connectivity index (χ3n) is 5.55. The van der Waals surface area contributed by atoms with Crippen LogP contribution in [0.2, 0.25) is 0 Å². The highest BCUT2D eigenvalue weighted by Crippen LogP contribution is 2.32. The van der Waals surface area contributed by atoms with Gasteiger partial charge in [-0.1, -0.05) is 12.1 Å². The van der Waals surface area contributed by atoms with E-state index >= 15 is 0 Å². The lowest BCUT2D eigenvalue weighted by atomic mass is 10.2. The van der Waals surface area contributed by atoms with Gasteiger partial charge >= 0.3 is 0 Å². The van der Waals surface area contributed by atoms with Crippen LogP contribution >= 0.6 is 12.4 Å². The summed E-state index contributed by atoms with van der Waals surface area (Å²) in [5.41, 5.74) is 4.36. The fourth-order valence-electron chi connectivity index (χ4n) is 3.96. The number of carbonyl (C=O) groups is 1. The maximum Gasteiger partial charge on any atom is 0.219 e. The summed E-state index contributed by atoms with van der Waals surface area (Å²) < 4.78 is 6.03. The number of para-hydroxylation sites is 1. The SMILES string of the molecule is CC(=O)N1CCN(c2ccc(Nc3nc(C)nc4c3oc3ccccc34)cc2)CC1.Cl. The Bertz CT molecular complexity index is 1230. The largest absolute Gasteiger partial charge is 0.450 e. The highest BCUT2D eigenvalue weighted by molar-refractivity contribution is 6.06. The molecule has 1 fully saturated rings. The summed E-state index contributed by atoms with van der Waals surface area (Å²) in [4.78, 5) is 24.9. The van der Waals surface area contributed by atoms with Crippen LogP contribution < -0.4 is 10.2 Å². The number of nitrogens with zero attached hydrogens (tertiary/aromatic N) is 4. The van der Waals surface area contributed by atoms with Gasteiger partial charge in [0.1, 0.15) is 16.9 Å². The Morgan fingerprint density at radius 1 is 1.00 bits per heavy atom. The van der Waals surface area contributed by atoms with Gasteiger partial charge in [-0.2, -0.15) is 0 Å². The van der Waals surface area contributed by atoms with Crippen LogP contribution in [0.4, 0.5) is 17.2 Å². The Balaban J connectivity index is 0.00000231. The zero-order chi connectivity index (χ0) is 20.7. The van der Waals surface area contributed by atoms with Crippen LogP contribution in [0.15, 0.2) is 52.9 Å². The van der Waals surface area contributed by atoms with Crippen molar-refractivity contribution in [2.24, 2.45) is 0 Å². The zero-order valence-electron chi connectivity index (χ0n) is 17.5. The number of benzene rings is 2. The number of nitrogens with one attached hydrogen (secondary N) is 1. The standard InChI is InChI=1S/C23H23N5O2.ClH/c1-15-24-21-19-5-3-4-6-20(19)30-22(21)23(25-15)26-17-7-9-18(10-8-17)28-13-11-27(12-14-28)16(2)29;/h3-10H,11-14H2,1-2H3,(H,24,25,26);1H. The number of rotatable bonds is 3. The van der Waals surface area contributed by atoms with Gasteiger partial charge in [-0.05, 0) is 43.3 Å². The van der Waals surface area contributed by atoms with Gasteiger partial charge in [0.05, 0.1) is 0 Å². The highest BCUT2D eigenvalue weighted by atomic mass is 35.5.